The van der Waals surface area contributed by atoms with Gasteiger partial charge in [0.25, 0.3) is 0 Å². The van der Waals surface area contributed by atoms with Gasteiger partial charge in [-0.2, -0.15) is 0 Å². The van der Waals surface area contributed by atoms with Crippen LogP contribution in [0.15, 0.2) is 52.9 Å². The van der Waals surface area contributed by atoms with Crippen molar-refractivity contribution in [2.75, 3.05) is 26.7 Å². The van der Waals surface area contributed by atoms with Crippen LogP contribution >= 0.6 is 0 Å². The zero-order valence-corrected chi connectivity index (χ0v) is 18.5. The Bertz CT molecular complexity index is 1120. The first kappa shape index (κ1) is 21.0. The van der Waals surface area contributed by atoms with Crippen molar-refractivity contribution in [3.05, 3.63) is 65.4 Å². The summed E-state index contributed by atoms with van der Waals surface area (Å²) in [5.74, 6) is 2.58. The molecule has 3 aliphatic heterocycles. The lowest BCUT2D eigenvalue weighted by Crippen LogP contribution is -2.47. The Morgan fingerprint density at radius 2 is 1.72 bits per heavy atom. The Labute approximate surface area is 188 Å². The van der Waals surface area contributed by atoms with E-state index >= 15 is 0 Å². The highest BCUT2D eigenvalue weighted by atomic mass is 16.5. The fourth-order valence-corrected chi connectivity index (χ4v) is 5.24. The highest BCUT2D eigenvalue weighted by molar-refractivity contribution is 5.98. The molecule has 0 amide bonds. The van der Waals surface area contributed by atoms with Gasteiger partial charge < -0.3 is 14.1 Å². The van der Waals surface area contributed by atoms with Gasteiger partial charge in [-0.1, -0.05) is 24.3 Å². The number of nitrogens with zero attached hydrogens (tertiary/aromatic N) is 1. The molecule has 2 bridgehead atoms. The van der Waals surface area contributed by atoms with E-state index in [1.807, 2.05) is 48.5 Å². The number of carbonyl (C=O) groups is 2. The van der Waals surface area contributed by atoms with Gasteiger partial charge in [0.2, 0.25) is 0 Å². The number of benzene rings is 2. The van der Waals surface area contributed by atoms with Crippen molar-refractivity contribution in [1.29, 1.82) is 0 Å². The Balaban J connectivity index is 1.23. The zero-order valence-electron chi connectivity index (χ0n) is 18.5. The molecule has 0 spiro atoms. The van der Waals surface area contributed by atoms with Gasteiger partial charge in [-0.3, -0.25) is 9.59 Å². The van der Waals surface area contributed by atoms with E-state index < -0.39 is 0 Å². The Hall–Kier alpha value is -2.92. The number of piperidine rings is 3. The van der Waals surface area contributed by atoms with Crippen molar-refractivity contribution in [3.8, 4) is 5.75 Å². The van der Waals surface area contributed by atoms with Crippen LogP contribution in [0.1, 0.15) is 40.9 Å². The minimum atomic E-state index is 0.0945. The number of rotatable bonds is 8. The van der Waals surface area contributed by atoms with Gasteiger partial charge in [-0.25, -0.2) is 0 Å². The summed E-state index contributed by atoms with van der Waals surface area (Å²) in [6, 6.07) is 15.2. The summed E-state index contributed by atoms with van der Waals surface area (Å²) in [6.45, 7) is 3.40. The molecule has 0 radical (unpaired) electrons. The van der Waals surface area contributed by atoms with Gasteiger partial charge in [0.05, 0.1) is 7.11 Å². The molecule has 5 nitrogen and oxygen atoms in total. The molecule has 32 heavy (non-hydrogen) atoms. The van der Waals surface area contributed by atoms with Crippen LogP contribution < -0.4 is 4.74 Å². The molecule has 3 fully saturated rings. The fourth-order valence-electron chi connectivity index (χ4n) is 5.24. The maximum Gasteiger partial charge on any atom is 0.198 e. The van der Waals surface area contributed by atoms with E-state index in [2.05, 4.69) is 4.90 Å². The zero-order chi connectivity index (χ0) is 22.1. The summed E-state index contributed by atoms with van der Waals surface area (Å²) in [4.78, 5) is 27.9. The van der Waals surface area contributed by atoms with Crippen LogP contribution in [0.4, 0.5) is 0 Å². The fraction of sp³-hybridized carbons (Fsp3) is 0.407. The normalized spacial score (nSPS) is 22.2. The third kappa shape index (κ3) is 4.49. The lowest BCUT2D eigenvalue weighted by Gasteiger charge is -2.44. The van der Waals surface area contributed by atoms with E-state index in [-0.39, 0.29) is 11.6 Å². The third-order valence-electron chi connectivity index (χ3n) is 7.06. The largest absolute Gasteiger partial charge is 0.497 e. The molecule has 0 unspecified atom stereocenters. The van der Waals surface area contributed by atoms with Crippen molar-refractivity contribution < 1.29 is 18.7 Å². The Kier molecular flexibility index (Phi) is 5.83. The smallest absolute Gasteiger partial charge is 0.198 e. The quantitative estimate of drug-likeness (QED) is 0.484. The predicted octanol–water partition coefficient (Wildman–Crippen LogP) is 4.71. The van der Waals surface area contributed by atoms with E-state index in [9.17, 15) is 9.59 Å². The summed E-state index contributed by atoms with van der Waals surface area (Å²) < 4.78 is 11.1. The van der Waals surface area contributed by atoms with E-state index in [1.54, 1.807) is 7.11 Å². The highest BCUT2D eigenvalue weighted by Crippen LogP contribution is 2.35. The molecule has 1 aromatic heterocycles. The van der Waals surface area contributed by atoms with E-state index in [1.165, 1.54) is 25.9 Å². The summed E-state index contributed by atoms with van der Waals surface area (Å²) in [6.07, 6.45) is 3.71. The van der Waals surface area contributed by atoms with Gasteiger partial charge in [0, 0.05) is 31.2 Å². The van der Waals surface area contributed by atoms with Crippen molar-refractivity contribution in [2.45, 2.75) is 32.1 Å². The van der Waals surface area contributed by atoms with Gasteiger partial charge in [0.15, 0.2) is 11.5 Å². The minimum absolute atomic E-state index is 0.0945. The van der Waals surface area contributed by atoms with Crippen molar-refractivity contribution in [2.24, 2.45) is 11.8 Å². The molecular formula is C27H29NO4. The second-order valence-electron chi connectivity index (χ2n) is 9.25. The van der Waals surface area contributed by atoms with E-state index in [0.29, 0.717) is 42.4 Å². The molecule has 166 valence electrons. The average Bonchev–Trinajstić information content (AvgIpc) is 3.24. The second-order valence-corrected chi connectivity index (χ2v) is 9.25. The number of furan rings is 1. The molecular weight excluding hydrogens is 402 g/mol. The van der Waals surface area contributed by atoms with Crippen LogP contribution in [-0.2, 0) is 17.6 Å². The number of ketones is 2. The van der Waals surface area contributed by atoms with Gasteiger partial charge >= 0.3 is 0 Å². The molecule has 5 heteroatoms. The number of methoxy groups -OCH3 is 1. The summed E-state index contributed by atoms with van der Waals surface area (Å²) >= 11 is 0. The highest BCUT2D eigenvalue weighted by Gasteiger charge is 2.35. The summed E-state index contributed by atoms with van der Waals surface area (Å²) in [5.41, 5.74) is 2.55. The molecule has 3 aromatic rings. The van der Waals surface area contributed by atoms with Gasteiger partial charge in [-0.15, -0.1) is 0 Å². The van der Waals surface area contributed by atoms with Crippen LogP contribution in [-0.4, -0.2) is 43.2 Å². The van der Waals surface area contributed by atoms with Gasteiger partial charge in [-0.05, 0) is 73.2 Å². The monoisotopic (exact) mass is 431 g/mol. The van der Waals surface area contributed by atoms with Crippen LogP contribution in [0.25, 0.3) is 11.0 Å². The van der Waals surface area contributed by atoms with Crippen molar-refractivity contribution in [3.63, 3.8) is 0 Å². The Morgan fingerprint density at radius 1 is 1.00 bits per heavy atom. The SMILES string of the molecule is COc1ccc(CC(=O)Cc2ccc3cc(C(=O)C[C@H]4CN5CCC4CC5)oc3c2)cc1. The standard InChI is InChI=1S/C27H29NO4/c1-31-24-6-3-18(4-7-24)12-23(29)13-19-2-5-21-16-27(32-26(21)14-19)25(30)15-22-17-28-10-8-20(22)9-11-28/h2-7,14,16,20,22H,8-13,15,17H2,1H3/t22-/m0/s1. The van der Waals surface area contributed by atoms with E-state index in [0.717, 1.165) is 28.8 Å². The first-order valence-electron chi connectivity index (χ1n) is 11.5. The third-order valence-corrected chi connectivity index (χ3v) is 7.06. The first-order chi connectivity index (χ1) is 15.6. The molecule has 1 atom stereocenters. The lowest BCUT2D eigenvalue weighted by atomic mass is 9.76. The van der Waals surface area contributed by atoms with Crippen molar-refractivity contribution >= 4 is 22.5 Å². The topological polar surface area (TPSA) is 59.8 Å². The number of hydrogen-bond acceptors (Lipinski definition) is 5. The molecule has 3 saturated heterocycles. The maximum atomic E-state index is 12.9. The molecule has 0 N–H and O–H groups in total. The van der Waals surface area contributed by atoms with Gasteiger partial charge in [0.1, 0.15) is 17.1 Å². The minimum Gasteiger partial charge on any atom is -0.497 e. The second kappa shape index (κ2) is 8.91. The van der Waals surface area contributed by atoms with Crippen molar-refractivity contribution in [1.82, 2.24) is 4.90 Å². The van der Waals surface area contributed by atoms with Crippen LogP contribution in [0, 0.1) is 11.8 Å². The van der Waals surface area contributed by atoms with E-state index in [4.69, 9.17) is 9.15 Å². The molecule has 6 rings (SSSR count). The number of fused-ring (bicyclic) bond motifs is 4. The Morgan fingerprint density at radius 3 is 2.41 bits per heavy atom. The summed E-state index contributed by atoms with van der Waals surface area (Å²) in [7, 11) is 1.63. The molecule has 2 aromatic carbocycles. The molecule has 0 saturated carbocycles. The van der Waals surface area contributed by atoms with Crippen LogP contribution in [0.5, 0.6) is 5.75 Å². The average molecular weight is 432 g/mol. The molecule has 3 aliphatic rings. The van der Waals surface area contributed by atoms with Crippen LogP contribution in [0.2, 0.25) is 0 Å². The molecule has 0 aliphatic carbocycles. The number of ether oxygens (including phenoxy) is 1. The maximum absolute atomic E-state index is 12.9. The summed E-state index contributed by atoms with van der Waals surface area (Å²) in [5, 5.41) is 0.911. The lowest BCUT2D eigenvalue weighted by molar-refractivity contribution is -0.117. The number of hydrogen-bond donors (Lipinski definition) is 0. The predicted molar refractivity (Wildman–Crippen MR) is 123 cm³/mol. The molecule has 4 heterocycles. The number of carbonyl (C=O) groups excluding carboxylic acids is 2. The number of Topliss-reactive ketones (excluding diaryl/α,β-unsaturated/α-hetero) is 2. The van der Waals surface area contributed by atoms with Crippen LogP contribution in [0.3, 0.4) is 0 Å². The first-order valence-corrected chi connectivity index (χ1v) is 11.5.